The Balaban J connectivity index is 1.25. The predicted molar refractivity (Wildman–Crippen MR) is 182 cm³/mol. The fourth-order valence-electron chi connectivity index (χ4n) is 5.23. The maximum Gasteiger partial charge on any atom is 0.265 e. The third-order valence-electron chi connectivity index (χ3n) is 7.57. The van der Waals surface area contributed by atoms with Gasteiger partial charge in [-0.25, -0.2) is 4.98 Å². The average molecular weight is 647 g/mol. The molecule has 7 aromatic rings. The molecule has 0 bridgehead atoms. The number of hydrogen-bond donors (Lipinski definition) is 1. The van der Waals surface area contributed by atoms with Gasteiger partial charge in [-0.3, -0.25) is 9.36 Å². The lowest BCUT2D eigenvalue weighted by molar-refractivity contribution is 0.415. The molecule has 1 N–H and O–H groups in total. The Morgan fingerprint density at radius 1 is 0.761 bits per heavy atom. The van der Waals surface area contributed by atoms with Gasteiger partial charge in [-0.1, -0.05) is 59.6 Å². The van der Waals surface area contributed by atoms with Crippen LogP contribution < -0.4 is 15.6 Å². The largest absolute Gasteiger partial charge is 0.497 e. The molecule has 0 unspecified atom stereocenters. The molecular formula is C36H25Cl2N5O3. The van der Waals surface area contributed by atoms with Crippen molar-refractivity contribution in [3.63, 3.8) is 0 Å². The molecule has 0 aliphatic heterocycles. The van der Waals surface area contributed by atoms with Gasteiger partial charge < -0.3 is 14.5 Å². The fraction of sp³-hybridized carbons (Fsp3) is 0.0556. The monoisotopic (exact) mass is 645 g/mol. The summed E-state index contributed by atoms with van der Waals surface area (Å²) in [6, 6.07) is 35.3. The van der Waals surface area contributed by atoms with Gasteiger partial charge in [-0.2, -0.15) is 0 Å². The van der Waals surface area contributed by atoms with Gasteiger partial charge >= 0.3 is 0 Å². The normalized spacial score (nSPS) is 11.1. The minimum absolute atomic E-state index is 0.174. The lowest BCUT2D eigenvalue weighted by atomic mass is 10.1. The van der Waals surface area contributed by atoms with E-state index in [0.29, 0.717) is 61.9 Å². The third-order valence-corrected chi connectivity index (χ3v) is 8.20. The number of benzene rings is 5. The first-order chi connectivity index (χ1) is 22.5. The predicted octanol–water partition coefficient (Wildman–Crippen LogP) is 8.75. The van der Waals surface area contributed by atoms with E-state index in [-0.39, 0.29) is 5.56 Å². The van der Waals surface area contributed by atoms with Gasteiger partial charge in [0, 0.05) is 23.2 Å². The molecule has 5 aromatic carbocycles. The number of anilines is 2. The first-order valence-corrected chi connectivity index (χ1v) is 15.1. The van der Waals surface area contributed by atoms with Crippen molar-refractivity contribution >= 4 is 45.5 Å². The highest BCUT2D eigenvalue weighted by molar-refractivity contribution is 6.39. The summed E-state index contributed by atoms with van der Waals surface area (Å²) in [6.45, 7) is 0. The maximum absolute atomic E-state index is 14.0. The Morgan fingerprint density at radius 3 is 2.09 bits per heavy atom. The average Bonchev–Trinajstić information content (AvgIpc) is 3.58. The number of fused-ring (bicyclic) bond motifs is 1. The molecule has 0 amide bonds. The van der Waals surface area contributed by atoms with Crippen LogP contribution in [0.15, 0.2) is 124 Å². The van der Waals surface area contributed by atoms with Gasteiger partial charge in [0.1, 0.15) is 11.6 Å². The molecule has 0 saturated carbocycles. The van der Waals surface area contributed by atoms with Crippen LogP contribution in [0.3, 0.4) is 0 Å². The number of hydrogen-bond acceptors (Lipinski definition) is 7. The van der Waals surface area contributed by atoms with Crippen molar-refractivity contribution in [2.24, 2.45) is 0 Å². The molecular weight excluding hydrogens is 621 g/mol. The van der Waals surface area contributed by atoms with E-state index in [1.165, 1.54) is 0 Å². The second-order valence-electron chi connectivity index (χ2n) is 10.4. The summed E-state index contributed by atoms with van der Waals surface area (Å²) in [5.41, 5.74) is 4.89. The summed E-state index contributed by atoms with van der Waals surface area (Å²) >= 11 is 12.9. The highest BCUT2D eigenvalue weighted by Crippen LogP contribution is 2.34. The number of halogens is 2. The first kappa shape index (κ1) is 29.3. The van der Waals surface area contributed by atoms with E-state index < -0.39 is 0 Å². The number of nitrogens with zero attached hydrogens (tertiary/aromatic N) is 4. The summed E-state index contributed by atoms with van der Waals surface area (Å²) in [7, 11) is 1.61. The van der Waals surface area contributed by atoms with Crippen LogP contribution in [-0.2, 0) is 6.42 Å². The molecule has 7 rings (SSSR count). The van der Waals surface area contributed by atoms with Gasteiger partial charge in [0.2, 0.25) is 11.8 Å². The molecule has 0 saturated heterocycles. The lowest BCUT2D eigenvalue weighted by Gasteiger charge is -2.17. The number of rotatable bonds is 8. The van der Waals surface area contributed by atoms with E-state index in [0.717, 1.165) is 22.6 Å². The van der Waals surface area contributed by atoms with Crippen LogP contribution in [0.25, 0.3) is 39.5 Å². The Labute approximate surface area is 273 Å². The van der Waals surface area contributed by atoms with E-state index in [1.807, 2.05) is 91.0 Å². The standard InChI is InChI=1S/C36H25Cl2N5O3/c1-45-26-19-15-23(16-20-26)35-42-41-34(46-35)22-13-17-25(18-14-22)43-32(39-31-12-5-3-8-27(31)36(43)44)21-24-7-2-4-11-30(24)40-33-28(37)9-6-10-29(33)38/h2-20,40H,21H2,1H3. The number of ether oxygens (including phenoxy) is 1. The zero-order chi connectivity index (χ0) is 31.6. The van der Waals surface area contributed by atoms with Crippen molar-refractivity contribution in [2.45, 2.75) is 6.42 Å². The van der Waals surface area contributed by atoms with Crippen LogP contribution in [0.2, 0.25) is 10.0 Å². The van der Waals surface area contributed by atoms with Gasteiger partial charge in [-0.05, 0) is 84.4 Å². The lowest BCUT2D eigenvalue weighted by Crippen LogP contribution is -2.24. The Bertz CT molecular complexity index is 2230. The molecule has 46 heavy (non-hydrogen) atoms. The molecule has 0 aliphatic carbocycles. The quantitative estimate of drug-likeness (QED) is 0.176. The number of aromatic nitrogens is 4. The molecule has 0 spiro atoms. The smallest absolute Gasteiger partial charge is 0.265 e. The van der Waals surface area contributed by atoms with Crippen LogP contribution >= 0.6 is 23.2 Å². The summed E-state index contributed by atoms with van der Waals surface area (Å²) in [5.74, 6) is 2.06. The highest BCUT2D eigenvalue weighted by Gasteiger charge is 2.17. The second-order valence-corrected chi connectivity index (χ2v) is 11.2. The molecule has 0 radical (unpaired) electrons. The highest BCUT2D eigenvalue weighted by atomic mass is 35.5. The number of methoxy groups -OCH3 is 1. The summed E-state index contributed by atoms with van der Waals surface area (Å²) in [4.78, 5) is 18.9. The maximum atomic E-state index is 14.0. The van der Waals surface area contributed by atoms with Crippen LogP contribution in [-0.4, -0.2) is 26.9 Å². The number of para-hydroxylation sites is 3. The third kappa shape index (κ3) is 5.72. The van der Waals surface area contributed by atoms with E-state index in [9.17, 15) is 4.79 Å². The van der Waals surface area contributed by atoms with Crippen molar-refractivity contribution in [1.29, 1.82) is 0 Å². The second kappa shape index (κ2) is 12.5. The SMILES string of the molecule is COc1ccc(-c2nnc(-c3ccc(-n4c(Cc5ccccc5Nc5c(Cl)cccc5Cl)nc5ccccc5c4=O)cc3)o2)cc1. The van der Waals surface area contributed by atoms with E-state index >= 15 is 0 Å². The number of nitrogens with one attached hydrogen (secondary N) is 1. The van der Waals surface area contributed by atoms with Crippen LogP contribution in [0.5, 0.6) is 5.75 Å². The summed E-state index contributed by atoms with van der Waals surface area (Å²) in [5, 5.41) is 13.4. The summed E-state index contributed by atoms with van der Waals surface area (Å²) < 4.78 is 12.8. The van der Waals surface area contributed by atoms with Crippen LogP contribution in [0.4, 0.5) is 11.4 Å². The molecule has 2 heterocycles. The van der Waals surface area contributed by atoms with Crippen molar-refractivity contribution in [1.82, 2.24) is 19.7 Å². The Hall–Kier alpha value is -5.44. The van der Waals surface area contributed by atoms with Gasteiger partial charge in [0.25, 0.3) is 5.56 Å². The molecule has 226 valence electrons. The Morgan fingerprint density at radius 2 is 1.39 bits per heavy atom. The molecule has 0 aliphatic rings. The minimum atomic E-state index is -0.174. The first-order valence-electron chi connectivity index (χ1n) is 14.4. The topological polar surface area (TPSA) is 95.1 Å². The zero-order valence-electron chi connectivity index (χ0n) is 24.4. The van der Waals surface area contributed by atoms with Crippen molar-refractivity contribution in [3.05, 3.63) is 147 Å². The van der Waals surface area contributed by atoms with Crippen LogP contribution in [0, 0.1) is 0 Å². The van der Waals surface area contributed by atoms with E-state index in [2.05, 4.69) is 15.5 Å². The van der Waals surface area contributed by atoms with Crippen molar-refractivity contribution in [3.8, 4) is 34.3 Å². The molecule has 8 nitrogen and oxygen atoms in total. The molecule has 0 fully saturated rings. The van der Waals surface area contributed by atoms with Crippen LogP contribution in [0.1, 0.15) is 11.4 Å². The van der Waals surface area contributed by atoms with Gasteiger partial charge in [-0.15, -0.1) is 10.2 Å². The Kier molecular flexibility index (Phi) is 7.97. The van der Waals surface area contributed by atoms with E-state index in [4.69, 9.17) is 37.3 Å². The molecule has 0 atom stereocenters. The summed E-state index contributed by atoms with van der Waals surface area (Å²) in [6.07, 6.45) is 0.349. The minimum Gasteiger partial charge on any atom is -0.497 e. The zero-order valence-corrected chi connectivity index (χ0v) is 26.0. The molecule has 2 aromatic heterocycles. The molecule has 10 heteroatoms. The van der Waals surface area contributed by atoms with Crippen molar-refractivity contribution in [2.75, 3.05) is 12.4 Å². The van der Waals surface area contributed by atoms with Gasteiger partial charge in [0.15, 0.2) is 0 Å². The van der Waals surface area contributed by atoms with Crippen molar-refractivity contribution < 1.29 is 9.15 Å². The van der Waals surface area contributed by atoms with E-state index in [1.54, 1.807) is 35.9 Å². The van der Waals surface area contributed by atoms with Gasteiger partial charge in [0.05, 0.1) is 39.4 Å². The fourth-order valence-corrected chi connectivity index (χ4v) is 5.72.